The van der Waals surface area contributed by atoms with Gasteiger partial charge in [-0.15, -0.1) is 0 Å². The summed E-state index contributed by atoms with van der Waals surface area (Å²) in [5.41, 5.74) is 0.864. The lowest BCUT2D eigenvalue weighted by molar-refractivity contribution is 0.0730. The van der Waals surface area contributed by atoms with Crippen molar-refractivity contribution in [1.29, 1.82) is 0 Å². The zero-order chi connectivity index (χ0) is 19.3. The summed E-state index contributed by atoms with van der Waals surface area (Å²) in [5.74, 6) is 0.508. The standard InChI is InChI=1S/C19H29N3O4S/c1-15-4-2-3-5-18(15)21-19(23)20-14-16-6-8-17(9-7-16)27(24,25)22-10-12-26-13-11-22/h6-9,15,18H,2-5,10-14H2,1H3,(H2,20,21,23)/t15-,18+/m0/s1. The van der Waals surface area contributed by atoms with E-state index in [4.69, 9.17) is 4.74 Å². The summed E-state index contributed by atoms with van der Waals surface area (Å²) in [4.78, 5) is 12.4. The van der Waals surface area contributed by atoms with E-state index >= 15 is 0 Å². The maximum atomic E-state index is 12.6. The van der Waals surface area contributed by atoms with Gasteiger partial charge in [0.25, 0.3) is 0 Å². The third-order valence-corrected chi connectivity index (χ3v) is 7.33. The molecule has 0 bridgehead atoms. The van der Waals surface area contributed by atoms with Gasteiger partial charge in [-0.05, 0) is 36.5 Å². The van der Waals surface area contributed by atoms with Crippen LogP contribution in [0.1, 0.15) is 38.2 Å². The third-order valence-electron chi connectivity index (χ3n) is 5.41. The second-order valence-corrected chi connectivity index (χ2v) is 9.29. The topological polar surface area (TPSA) is 87.7 Å². The van der Waals surface area contributed by atoms with E-state index in [1.807, 2.05) is 0 Å². The smallest absolute Gasteiger partial charge is 0.315 e. The van der Waals surface area contributed by atoms with E-state index in [0.29, 0.717) is 38.8 Å². The van der Waals surface area contributed by atoms with Crippen LogP contribution in [0.5, 0.6) is 0 Å². The number of hydrogen-bond acceptors (Lipinski definition) is 4. The van der Waals surface area contributed by atoms with E-state index < -0.39 is 10.0 Å². The molecule has 2 fully saturated rings. The van der Waals surface area contributed by atoms with Crippen LogP contribution >= 0.6 is 0 Å². The molecule has 27 heavy (non-hydrogen) atoms. The molecule has 2 aliphatic rings. The highest BCUT2D eigenvalue weighted by atomic mass is 32.2. The van der Waals surface area contributed by atoms with Crippen LogP contribution in [-0.4, -0.2) is 51.1 Å². The summed E-state index contributed by atoms with van der Waals surface area (Å²) < 4.78 is 31.9. The summed E-state index contributed by atoms with van der Waals surface area (Å²) in [6, 6.07) is 6.76. The number of hydrogen-bond donors (Lipinski definition) is 2. The Kier molecular flexibility index (Phi) is 6.73. The average Bonchev–Trinajstić information content (AvgIpc) is 2.69. The van der Waals surface area contributed by atoms with Crippen LogP contribution < -0.4 is 10.6 Å². The number of urea groups is 1. The van der Waals surface area contributed by atoms with Crippen LogP contribution in [0, 0.1) is 5.92 Å². The molecule has 1 aromatic rings. The molecule has 1 aliphatic carbocycles. The van der Waals surface area contributed by atoms with Crippen molar-refractivity contribution < 1.29 is 17.9 Å². The Labute approximate surface area is 161 Å². The number of sulfonamides is 1. The predicted octanol–water partition coefficient (Wildman–Crippen LogP) is 2.09. The maximum Gasteiger partial charge on any atom is 0.315 e. The van der Waals surface area contributed by atoms with Gasteiger partial charge in [-0.25, -0.2) is 13.2 Å². The Morgan fingerprint density at radius 2 is 1.81 bits per heavy atom. The van der Waals surface area contributed by atoms with Gasteiger partial charge in [0.05, 0.1) is 18.1 Å². The summed E-state index contributed by atoms with van der Waals surface area (Å²) in [6.07, 6.45) is 4.59. The third kappa shape index (κ3) is 5.21. The highest BCUT2D eigenvalue weighted by Crippen LogP contribution is 2.23. The number of ether oxygens (including phenoxy) is 1. The van der Waals surface area contributed by atoms with Gasteiger partial charge >= 0.3 is 6.03 Å². The zero-order valence-corrected chi connectivity index (χ0v) is 16.6. The van der Waals surface area contributed by atoms with E-state index in [2.05, 4.69) is 17.6 Å². The minimum absolute atomic E-state index is 0.168. The van der Waals surface area contributed by atoms with Crippen molar-refractivity contribution in [2.45, 2.75) is 50.1 Å². The van der Waals surface area contributed by atoms with Gasteiger partial charge in [0.15, 0.2) is 0 Å². The number of amides is 2. The molecule has 7 nitrogen and oxygen atoms in total. The van der Waals surface area contributed by atoms with Gasteiger partial charge in [0, 0.05) is 25.7 Å². The minimum Gasteiger partial charge on any atom is -0.379 e. The van der Waals surface area contributed by atoms with E-state index in [9.17, 15) is 13.2 Å². The van der Waals surface area contributed by atoms with E-state index in [0.717, 1.165) is 24.8 Å². The largest absolute Gasteiger partial charge is 0.379 e. The molecule has 2 N–H and O–H groups in total. The Morgan fingerprint density at radius 3 is 2.48 bits per heavy atom. The molecule has 2 atom stereocenters. The molecule has 0 spiro atoms. The molecule has 2 amide bonds. The van der Waals surface area contributed by atoms with Crippen LogP contribution in [0.15, 0.2) is 29.2 Å². The maximum absolute atomic E-state index is 12.6. The van der Waals surface area contributed by atoms with Crippen molar-refractivity contribution >= 4 is 16.1 Å². The lowest BCUT2D eigenvalue weighted by atomic mass is 9.86. The van der Waals surface area contributed by atoms with Crippen molar-refractivity contribution in [1.82, 2.24) is 14.9 Å². The monoisotopic (exact) mass is 395 g/mol. The molecule has 1 aliphatic heterocycles. The Morgan fingerprint density at radius 1 is 1.15 bits per heavy atom. The van der Waals surface area contributed by atoms with Gasteiger partial charge in [-0.3, -0.25) is 0 Å². The van der Waals surface area contributed by atoms with Crippen LogP contribution in [0.25, 0.3) is 0 Å². The number of carbonyl (C=O) groups excluding carboxylic acids is 1. The molecular weight excluding hydrogens is 366 g/mol. The lowest BCUT2D eigenvalue weighted by Crippen LogP contribution is -2.45. The SMILES string of the molecule is C[C@H]1CCCC[C@H]1NC(=O)NCc1ccc(S(=O)(=O)N2CCOCC2)cc1. The molecule has 0 unspecified atom stereocenters. The van der Waals surface area contributed by atoms with E-state index in [1.54, 1.807) is 24.3 Å². The second kappa shape index (κ2) is 9.03. The molecular formula is C19H29N3O4S. The average molecular weight is 396 g/mol. The van der Waals surface area contributed by atoms with Crippen LogP contribution in [-0.2, 0) is 21.3 Å². The van der Waals surface area contributed by atoms with Gasteiger partial charge in [0.1, 0.15) is 0 Å². The van der Waals surface area contributed by atoms with Crippen LogP contribution in [0.4, 0.5) is 4.79 Å². The molecule has 8 heteroatoms. The number of morpholine rings is 1. The van der Waals surface area contributed by atoms with Crippen molar-refractivity contribution in [3.63, 3.8) is 0 Å². The fraction of sp³-hybridized carbons (Fsp3) is 0.632. The predicted molar refractivity (Wildman–Crippen MR) is 103 cm³/mol. The first kappa shape index (κ1) is 20.1. The molecule has 1 heterocycles. The fourth-order valence-electron chi connectivity index (χ4n) is 3.65. The van der Waals surface area contributed by atoms with Crippen molar-refractivity contribution in [2.24, 2.45) is 5.92 Å². The minimum atomic E-state index is -3.48. The quantitative estimate of drug-likeness (QED) is 0.799. The van der Waals surface area contributed by atoms with Gasteiger partial charge in [0.2, 0.25) is 10.0 Å². The van der Waals surface area contributed by atoms with Crippen molar-refractivity contribution in [3.05, 3.63) is 29.8 Å². The zero-order valence-electron chi connectivity index (χ0n) is 15.8. The summed E-state index contributed by atoms with van der Waals surface area (Å²) >= 11 is 0. The number of carbonyl (C=O) groups is 1. The summed E-state index contributed by atoms with van der Waals surface area (Å²) in [6.45, 7) is 4.16. The Balaban J connectivity index is 1.52. The highest BCUT2D eigenvalue weighted by Gasteiger charge is 2.26. The Bertz CT molecular complexity index is 730. The van der Waals surface area contributed by atoms with Crippen molar-refractivity contribution in [2.75, 3.05) is 26.3 Å². The van der Waals surface area contributed by atoms with Crippen LogP contribution in [0.2, 0.25) is 0 Å². The number of nitrogens with zero attached hydrogens (tertiary/aromatic N) is 1. The van der Waals surface area contributed by atoms with Crippen LogP contribution in [0.3, 0.4) is 0 Å². The van der Waals surface area contributed by atoms with Crippen molar-refractivity contribution in [3.8, 4) is 0 Å². The highest BCUT2D eigenvalue weighted by molar-refractivity contribution is 7.89. The number of nitrogens with one attached hydrogen (secondary N) is 2. The number of benzene rings is 1. The first-order valence-electron chi connectivity index (χ1n) is 9.68. The molecule has 1 aromatic carbocycles. The molecule has 3 rings (SSSR count). The molecule has 0 aromatic heterocycles. The van der Waals surface area contributed by atoms with E-state index in [1.165, 1.54) is 10.7 Å². The van der Waals surface area contributed by atoms with Gasteiger partial charge in [-0.1, -0.05) is 31.9 Å². The fourth-order valence-corrected chi connectivity index (χ4v) is 5.06. The summed E-state index contributed by atoms with van der Waals surface area (Å²) in [7, 11) is -3.48. The van der Waals surface area contributed by atoms with E-state index in [-0.39, 0.29) is 17.0 Å². The van der Waals surface area contributed by atoms with Gasteiger partial charge < -0.3 is 15.4 Å². The normalized spacial score (nSPS) is 24.3. The summed E-state index contributed by atoms with van der Waals surface area (Å²) in [5, 5.41) is 5.92. The second-order valence-electron chi connectivity index (χ2n) is 7.36. The van der Waals surface area contributed by atoms with Gasteiger partial charge in [-0.2, -0.15) is 4.31 Å². The first-order valence-corrected chi connectivity index (χ1v) is 11.1. The molecule has 1 saturated heterocycles. The molecule has 150 valence electrons. The Hall–Kier alpha value is -1.64. The molecule has 1 saturated carbocycles. The number of rotatable bonds is 5. The first-order chi connectivity index (χ1) is 13.0. The molecule has 0 radical (unpaired) electrons. The lowest BCUT2D eigenvalue weighted by Gasteiger charge is -2.29.